The van der Waals surface area contributed by atoms with Gasteiger partial charge in [-0.2, -0.15) is 0 Å². The average Bonchev–Trinajstić information content (AvgIpc) is 3.23. The maximum Gasteiger partial charge on any atom is 0.422 e. The van der Waals surface area contributed by atoms with Gasteiger partial charge in [0.25, 0.3) is 5.91 Å². The Morgan fingerprint density at radius 3 is 1.73 bits per heavy atom. The number of methoxy groups -OCH3 is 2. The summed E-state index contributed by atoms with van der Waals surface area (Å²) < 4.78 is 16.0. The Kier molecular flexibility index (Phi) is 7.12. The summed E-state index contributed by atoms with van der Waals surface area (Å²) in [6, 6.07) is 23.4. The first-order valence-corrected chi connectivity index (χ1v) is 12.5. The molecule has 1 saturated heterocycles. The summed E-state index contributed by atoms with van der Waals surface area (Å²) in [6.45, 7) is 0. The molecule has 0 N–H and O–H groups in total. The number of ether oxygens (including phenoxy) is 3. The largest absolute Gasteiger partial charge is 0.497 e. The van der Waals surface area contributed by atoms with Crippen LogP contribution in [-0.2, 0) is 9.53 Å². The van der Waals surface area contributed by atoms with Gasteiger partial charge in [0.05, 0.1) is 14.2 Å². The number of hydrogen-bond donors (Lipinski definition) is 0. The molecule has 1 saturated carbocycles. The van der Waals surface area contributed by atoms with Crippen molar-refractivity contribution < 1.29 is 23.8 Å². The van der Waals surface area contributed by atoms with Gasteiger partial charge in [-0.3, -0.25) is 4.79 Å². The lowest BCUT2D eigenvalue weighted by molar-refractivity contribution is -0.125. The van der Waals surface area contributed by atoms with Gasteiger partial charge in [-0.05, 0) is 85.1 Å². The monoisotopic (exact) mass is 498 g/mol. The Hall–Kier alpha value is -4.26. The van der Waals surface area contributed by atoms with Crippen molar-refractivity contribution in [3.05, 3.63) is 84.1 Å². The third-order valence-electron chi connectivity index (χ3n) is 6.87. The highest BCUT2D eigenvalue weighted by Gasteiger charge is 2.41. The van der Waals surface area contributed by atoms with E-state index >= 15 is 0 Å². The van der Waals surface area contributed by atoms with Crippen LogP contribution in [0.2, 0.25) is 0 Å². The summed E-state index contributed by atoms with van der Waals surface area (Å²) >= 11 is 0. The molecule has 2 aliphatic rings. The average molecular weight is 499 g/mol. The molecule has 0 spiro atoms. The van der Waals surface area contributed by atoms with Gasteiger partial charge in [0, 0.05) is 23.1 Å². The number of imide groups is 1. The minimum absolute atomic E-state index is 0.0652. The van der Waals surface area contributed by atoms with E-state index in [4.69, 9.17) is 14.2 Å². The van der Waals surface area contributed by atoms with Crippen LogP contribution in [0.3, 0.4) is 0 Å². The zero-order chi connectivity index (χ0) is 25.8. The van der Waals surface area contributed by atoms with Gasteiger partial charge >= 0.3 is 6.09 Å². The summed E-state index contributed by atoms with van der Waals surface area (Å²) in [5.41, 5.74) is 3.62. The van der Waals surface area contributed by atoms with E-state index < -0.39 is 6.09 Å². The number of hydrogen-bond acceptors (Lipinski definition) is 6. The van der Waals surface area contributed by atoms with E-state index in [0.717, 1.165) is 66.2 Å². The molecule has 7 nitrogen and oxygen atoms in total. The molecule has 0 unspecified atom stereocenters. The summed E-state index contributed by atoms with van der Waals surface area (Å²) in [7, 11) is 3.29. The van der Waals surface area contributed by atoms with E-state index in [-0.39, 0.29) is 17.7 Å². The van der Waals surface area contributed by atoms with E-state index in [2.05, 4.69) is 4.90 Å². The van der Waals surface area contributed by atoms with Gasteiger partial charge in [0.15, 0.2) is 5.76 Å². The smallest absolute Gasteiger partial charge is 0.422 e. The Bertz CT molecular complexity index is 1230. The van der Waals surface area contributed by atoms with Crippen molar-refractivity contribution in [1.29, 1.82) is 0 Å². The summed E-state index contributed by atoms with van der Waals surface area (Å²) in [4.78, 5) is 28.8. The van der Waals surface area contributed by atoms with Crippen LogP contribution < -0.4 is 14.4 Å². The summed E-state index contributed by atoms with van der Waals surface area (Å²) in [6.07, 6.45) is 5.96. The highest BCUT2D eigenvalue weighted by atomic mass is 16.6. The predicted octanol–water partition coefficient (Wildman–Crippen LogP) is 6.83. The summed E-state index contributed by atoms with van der Waals surface area (Å²) in [5, 5.41) is 0. The molecule has 1 aliphatic carbocycles. The quantitative estimate of drug-likeness (QED) is 0.333. The van der Waals surface area contributed by atoms with Crippen molar-refractivity contribution >= 4 is 35.1 Å². The number of anilines is 3. The highest BCUT2D eigenvalue weighted by Crippen LogP contribution is 2.36. The van der Waals surface area contributed by atoms with E-state index in [0.29, 0.717) is 0 Å². The van der Waals surface area contributed by atoms with Crippen molar-refractivity contribution in [2.24, 2.45) is 0 Å². The number of rotatable bonds is 7. The van der Waals surface area contributed by atoms with Gasteiger partial charge in [-0.1, -0.05) is 31.4 Å². The number of carbonyl (C=O) groups excluding carboxylic acids is 2. The van der Waals surface area contributed by atoms with Gasteiger partial charge in [0.2, 0.25) is 0 Å². The third kappa shape index (κ3) is 5.16. The minimum Gasteiger partial charge on any atom is -0.497 e. The molecule has 3 aromatic carbocycles. The number of carbonyl (C=O) groups is 2. The SMILES string of the molecule is COc1ccc(N(c2ccc(/C=C3/OC(=O)N(C4CCCCC4)C3=O)cc2)c2ccc(OC)cc2)cc1. The van der Waals surface area contributed by atoms with Crippen LogP contribution in [0.4, 0.5) is 21.9 Å². The molecule has 0 radical (unpaired) electrons. The Morgan fingerprint density at radius 2 is 1.24 bits per heavy atom. The standard InChI is InChI=1S/C30H30N2O5/c1-35-26-16-12-24(13-17-26)31(25-14-18-27(36-2)19-15-25)23-10-8-21(9-11-23)20-28-29(33)32(30(34)37-28)22-6-4-3-5-7-22/h8-20,22H,3-7H2,1-2H3/b28-20+. The second-order valence-electron chi connectivity index (χ2n) is 9.17. The lowest BCUT2D eigenvalue weighted by atomic mass is 9.94. The van der Waals surface area contributed by atoms with Crippen molar-refractivity contribution in [3.63, 3.8) is 0 Å². The van der Waals surface area contributed by atoms with Gasteiger partial charge in [0.1, 0.15) is 11.5 Å². The zero-order valence-corrected chi connectivity index (χ0v) is 21.1. The first kappa shape index (κ1) is 24.4. The highest BCUT2D eigenvalue weighted by molar-refractivity contribution is 6.10. The molecule has 3 aromatic rings. The lowest BCUT2D eigenvalue weighted by Gasteiger charge is -2.27. The third-order valence-corrected chi connectivity index (χ3v) is 6.87. The second-order valence-corrected chi connectivity index (χ2v) is 9.17. The molecule has 37 heavy (non-hydrogen) atoms. The Balaban J connectivity index is 1.42. The van der Waals surface area contributed by atoms with E-state index in [9.17, 15) is 9.59 Å². The van der Waals surface area contributed by atoms with Crippen LogP contribution in [0.15, 0.2) is 78.6 Å². The maximum absolute atomic E-state index is 13.0. The van der Waals surface area contributed by atoms with Crippen molar-refractivity contribution in [1.82, 2.24) is 4.90 Å². The van der Waals surface area contributed by atoms with Crippen molar-refractivity contribution in [2.75, 3.05) is 19.1 Å². The molecule has 1 aliphatic heterocycles. The first-order valence-electron chi connectivity index (χ1n) is 12.5. The summed E-state index contributed by atoms with van der Waals surface area (Å²) in [5.74, 6) is 1.28. The van der Waals surface area contributed by atoms with Crippen LogP contribution in [0.1, 0.15) is 37.7 Å². The molecule has 1 heterocycles. The Labute approximate surface area is 216 Å². The number of benzene rings is 3. The van der Waals surface area contributed by atoms with Crippen LogP contribution in [0.25, 0.3) is 6.08 Å². The van der Waals surface area contributed by atoms with E-state index in [1.165, 1.54) is 4.90 Å². The van der Waals surface area contributed by atoms with Gasteiger partial charge in [-0.25, -0.2) is 9.69 Å². The van der Waals surface area contributed by atoms with Crippen LogP contribution in [0.5, 0.6) is 11.5 Å². The predicted molar refractivity (Wildman–Crippen MR) is 142 cm³/mol. The molecule has 0 aromatic heterocycles. The fourth-order valence-electron chi connectivity index (χ4n) is 4.91. The van der Waals surface area contributed by atoms with Crippen molar-refractivity contribution in [2.45, 2.75) is 38.1 Å². The van der Waals surface area contributed by atoms with Gasteiger partial charge < -0.3 is 19.1 Å². The molecule has 2 fully saturated rings. The molecular formula is C30H30N2O5. The molecule has 2 amide bonds. The molecular weight excluding hydrogens is 468 g/mol. The van der Waals surface area contributed by atoms with Crippen LogP contribution in [-0.4, -0.2) is 37.2 Å². The van der Waals surface area contributed by atoms with Crippen LogP contribution >= 0.6 is 0 Å². The number of cyclic esters (lactones) is 1. The number of amides is 2. The molecule has 0 bridgehead atoms. The molecule has 0 atom stereocenters. The van der Waals surface area contributed by atoms with Crippen molar-refractivity contribution in [3.8, 4) is 11.5 Å². The fraction of sp³-hybridized carbons (Fsp3) is 0.267. The normalized spacial score (nSPS) is 17.1. The van der Waals surface area contributed by atoms with Crippen LogP contribution in [0, 0.1) is 0 Å². The maximum atomic E-state index is 13.0. The number of nitrogens with zero attached hydrogens (tertiary/aromatic N) is 2. The molecule has 190 valence electrons. The molecule has 5 rings (SSSR count). The Morgan fingerprint density at radius 1 is 0.757 bits per heavy atom. The van der Waals surface area contributed by atoms with E-state index in [1.54, 1.807) is 20.3 Å². The second kappa shape index (κ2) is 10.8. The fourth-order valence-corrected chi connectivity index (χ4v) is 4.91. The van der Waals surface area contributed by atoms with E-state index in [1.807, 2.05) is 72.8 Å². The zero-order valence-electron chi connectivity index (χ0n) is 21.1. The topological polar surface area (TPSA) is 68.3 Å². The lowest BCUT2D eigenvalue weighted by Crippen LogP contribution is -2.40. The van der Waals surface area contributed by atoms with Gasteiger partial charge in [-0.15, -0.1) is 0 Å². The first-order chi connectivity index (χ1) is 18.1. The molecule has 7 heteroatoms. The minimum atomic E-state index is -0.565.